The standard InChI is InChI=1S/C13H22N2O/c1-14-13(16)12-8-5-9-15(12)10-11-6-3-2-4-7-11/h2-3,11-12H,4-10H2,1H3,(H,14,16). The van der Waals surface area contributed by atoms with E-state index in [9.17, 15) is 4.79 Å². The first-order valence-electron chi connectivity index (χ1n) is 6.42. The molecule has 1 saturated heterocycles. The van der Waals surface area contributed by atoms with E-state index in [-0.39, 0.29) is 11.9 Å². The Bertz CT molecular complexity index is 275. The maximum atomic E-state index is 11.7. The van der Waals surface area contributed by atoms with Crippen LogP contribution in [0.2, 0.25) is 0 Å². The Balaban J connectivity index is 1.88. The number of allylic oxidation sites excluding steroid dienone is 2. The Morgan fingerprint density at radius 2 is 2.31 bits per heavy atom. The van der Waals surface area contributed by atoms with E-state index in [1.807, 2.05) is 0 Å². The molecular weight excluding hydrogens is 200 g/mol. The van der Waals surface area contributed by atoms with Gasteiger partial charge in [-0.05, 0) is 44.6 Å². The molecule has 16 heavy (non-hydrogen) atoms. The Labute approximate surface area is 97.9 Å². The Kier molecular flexibility index (Phi) is 3.99. The van der Waals surface area contributed by atoms with E-state index >= 15 is 0 Å². The van der Waals surface area contributed by atoms with Gasteiger partial charge in [-0.1, -0.05) is 12.2 Å². The highest BCUT2D eigenvalue weighted by Gasteiger charge is 2.31. The van der Waals surface area contributed by atoms with Gasteiger partial charge in [-0.25, -0.2) is 0 Å². The molecule has 1 fully saturated rings. The molecule has 2 rings (SSSR count). The molecule has 3 heteroatoms. The van der Waals surface area contributed by atoms with Crippen molar-refractivity contribution in [3.05, 3.63) is 12.2 Å². The lowest BCUT2D eigenvalue weighted by molar-refractivity contribution is -0.125. The van der Waals surface area contributed by atoms with Crippen molar-refractivity contribution in [2.45, 2.75) is 38.1 Å². The van der Waals surface area contributed by atoms with Crippen molar-refractivity contribution in [3.63, 3.8) is 0 Å². The van der Waals surface area contributed by atoms with E-state index in [1.54, 1.807) is 7.05 Å². The fourth-order valence-corrected chi connectivity index (χ4v) is 2.86. The van der Waals surface area contributed by atoms with Crippen LogP contribution in [0.1, 0.15) is 32.1 Å². The predicted octanol–water partition coefficient (Wildman–Crippen LogP) is 1.55. The van der Waals surface area contributed by atoms with Gasteiger partial charge in [-0.2, -0.15) is 0 Å². The van der Waals surface area contributed by atoms with Crippen LogP contribution in [-0.4, -0.2) is 37.0 Å². The molecule has 1 aliphatic heterocycles. The summed E-state index contributed by atoms with van der Waals surface area (Å²) in [7, 11) is 1.74. The van der Waals surface area contributed by atoms with Crippen molar-refractivity contribution < 1.29 is 4.79 Å². The molecule has 1 aliphatic carbocycles. The van der Waals surface area contributed by atoms with Crippen molar-refractivity contribution in [2.24, 2.45) is 5.92 Å². The summed E-state index contributed by atoms with van der Waals surface area (Å²) in [5, 5.41) is 2.78. The quantitative estimate of drug-likeness (QED) is 0.735. The van der Waals surface area contributed by atoms with Crippen LogP contribution in [0.15, 0.2) is 12.2 Å². The fourth-order valence-electron chi connectivity index (χ4n) is 2.86. The maximum Gasteiger partial charge on any atom is 0.237 e. The highest BCUT2D eigenvalue weighted by Crippen LogP contribution is 2.24. The first-order chi connectivity index (χ1) is 7.81. The third-order valence-electron chi connectivity index (χ3n) is 3.78. The van der Waals surface area contributed by atoms with Crippen LogP contribution in [0.4, 0.5) is 0 Å². The fraction of sp³-hybridized carbons (Fsp3) is 0.769. The summed E-state index contributed by atoms with van der Waals surface area (Å²) < 4.78 is 0. The molecule has 0 aromatic heterocycles. The molecule has 2 aliphatic rings. The second kappa shape index (κ2) is 5.48. The predicted molar refractivity (Wildman–Crippen MR) is 65.1 cm³/mol. The van der Waals surface area contributed by atoms with Gasteiger partial charge in [0.1, 0.15) is 0 Å². The zero-order chi connectivity index (χ0) is 11.4. The Morgan fingerprint density at radius 1 is 1.44 bits per heavy atom. The van der Waals surface area contributed by atoms with Gasteiger partial charge in [0, 0.05) is 13.6 Å². The molecule has 0 saturated carbocycles. The molecule has 1 heterocycles. The smallest absolute Gasteiger partial charge is 0.237 e. The van der Waals surface area contributed by atoms with Crippen LogP contribution in [0, 0.1) is 5.92 Å². The van der Waals surface area contributed by atoms with E-state index in [1.165, 1.54) is 25.7 Å². The molecule has 0 spiro atoms. The van der Waals surface area contributed by atoms with Gasteiger partial charge >= 0.3 is 0 Å². The number of hydrogen-bond donors (Lipinski definition) is 1. The van der Waals surface area contributed by atoms with Crippen molar-refractivity contribution in [1.82, 2.24) is 10.2 Å². The average Bonchev–Trinajstić information content (AvgIpc) is 2.77. The van der Waals surface area contributed by atoms with E-state index in [0.29, 0.717) is 0 Å². The summed E-state index contributed by atoms with van der Waals surface area (Å²) in [6.07, 6.45) is 10.5. The van der Waals surface area contributed by atoms with Gasteiger partial charge in [0.15, 0.2) is 0 Å². The summed E-state index contributed by atoms with van der Waals surface area (Å²) in [5.74, 6) is 0.958. The summed E-state index contributed by atoms with van der Waals surface area (Å²) in [6, 6.07) is 0.135. The van der Waals surface area contributed by atoms with Crippen LogP contribution >= 0.6 is 0 Å². The van der Waals surface area contributed by atoms with E-state index in [4.69, 9.17) is 0 Å². The van der Waals surface area contributed by atoms with Gasteiger partial charge in [0.2, 0.25) is 5.91 Å². The molecule has 1 N–H and O–H groups in total. The molecule has 2 unspecified atom stereocenters. The molecular formula is C13H22N2O. The second-order valence-electron chi connectivity index (χ2n) is 4.92. The van der Waals surface area contributed by atoms with E-state index in [2.05, 4.69) is 22.4 Å². The maximum absolute atomic E-state index is 11.7. The number of likely N-dealkylation sites (tertiary alicyclic amines) is 1. The Hall–Kier alpha value is -0.830. The number of rotatable bonds is 3. The number of nitrogens with one attached hydrogen (secondary N) is 1. The molecule has 0 aromatic carbocycles. The molecule has 90 valence electrons. The van der Waals surface area contributed by atoms with E-state index < -0.39 is 0 Å². The molecule has 2 atom stereocenters. The van der Waals surface area contributed by atoms with E-state index in [0.717, 1.165) is 25.4 Å². The molecule has 0 aromatic rings. The highest BCUT2D eigenvalue weighted by atomic mass is 16.2. The first-order valence-corrected chi connectivity index (χ1v) is 6.42. The summed E-state index contributed by atoms with van der Waals surface area (Å²) in [4.78, 5) is 14.1. The van der Waals surface area contributed by atoms with Crippen LogP contribution in [0.5, 0.6) is 0 Å². The van der Waals surface area contributed by atoms with Crippen molar-refractivity contribution in [3.8, 4) is 0 Å². The topological polar surface area (TPSA) is 32.3 Å². The molecule has 3 nitrogen and oxygen atoms in total. The minimum Gasteiger partial charge on any atom is -0.358 e. The third-order valence-corrected chi connectivity index (χ3v) is 3.78. The second-order valence-corrected chi connectivity index (χ2v) is 4.92. The largest absolute Gasteiger partial charge is 0.358 e. The summed E-state index contributed by atoms with van der Waals surface area (Å²) in [6.45, 7) is 2.20. The molecule has 1 amide bonds. The molecule has 0 radical (unpaired) electrons. The van der Waals surface area contributed by atoms with Crippen LogP contribution in [0.25, 0.3) is 0 Å². The van der Waals surface area contributed by atoms with Crippen LogP contribution in [-0.2, 0) is 4.79 Å². The first kappa shape index (κ1) is 11.6. The zero-order valence-electron chi connectivity index (χ0n) is 10.1. The van der Waals surface area contributed by atoms with Crippen molar-refractivity contribution in [1.29, 1.82) is 0 Å². The summed E-state index contributed by atoms with van der Waals surface area (Å²) >= 11 is 0. The number of amides is 1. The van der Waals surface area contributed by atoms with Crippen molar-refractivity contribution in [2.75, 3.05) is 20.1 Å². The van der Waals surface area contributed by atoms with Crippen molar-refractivity contribution >= 4 is 5.91 Å². The normalized spacial score (nSPS) is 30.6. The number of likely N-dealkylation sites (N-methyl/N-ethyl adjacent to an activating group) is 1. The van der Waals surface area contributed by atoms with Crippen LogP contribution in [0.3, 0.4) is 0 Å². The number of hydrogen-bond acceptors (Lipinski definition) is 2. The van der Waals surface area contributed by atoms with Gasteiger partial charge in [0.25, 0.3) is 0 Å². The van der Waals surface area contributed by atoms with Gasteiger partial charge < -0.3 is 5.32 Å². The number of carbonyl (C=O) groups is 1. The lowest BCUT2D eigenvalue weighted by Crippen LogP contribution is -2.43. The monoisotopic (exact) mass is 222 g/mol. The van der Waals surface area contributed by atoms with Crippen LogP contribution < -0.4 is 5.32 Å². The SMILES string of the molecule is CNC(=O)C1CCCN1CC1CC=CCC1. The zero-order valence-corrected chi connectivity index (χ0v) is 10.1. The average molecular weight is 222 g/mol. The number of nitrogens with zero attached hydrogens (tertiary/aromatic N) is 1. The van der Waals surface area contributed by atoms with Gasteiger partial charge in [-0.15, -0.1) is 0 Å². The summed E-state index contributed by atoms with van der Waals surface area (Å²) in [5.41, 5.74) is 0. The van der Waals surface area contributed by atoms with Gasteiger partial charge in [-0.3, -0.25) is 9.69 Å². The lowest BCUT2D eigenvalue weighted by atomic mass is 9.94. The molecule has 0 bridgehead atoms. The number of carbonyl (C=O) groups excluding carboxylic acids is 1. The van der Waals surface area contributed by atoms with Gasteiger partial charge in [0.05, 0.1) is 6.04 Å². The highest BCUT2D eigenvalue weighted by molar-refractivity contribution is 5.81. The lowest BCUT2D eigenvalue weighted by Gasteiger charge is -2.28. The third kappa shape index (κ3) is 2.64. The minimum atomic E-state index is 0.135. The Morgan fingerprint density at radius 3 is 3.00 bits per heavy atom. The minimum absolute atomic E-state index is 0.135.